The number of hydrogen-bond acceptors (Lipinski definition) is 2. The van der Waals surface area contributed by atoms with Crippen LogP contribution in [0.4, 0.5) is 0 Å². The first-order valence-electron chi connectivity index (χ1n) is 14.1. The second kappa shape index (κ2) is 10.8. The van der Waals surface area contributed by atoms with Gasteiger partial charge in [0.1, 0.15) is 0 Å². The molecule has 5 nitrogen and oxygen atoms in total. The van der Waals surface area contributed by atoms with Gasteiger partial charge in [-0.15, -0.1) is 0 Å². The minimum atomic E-state index is 0.824. The molecular weight excluding hydrogens is 502 g/mol. The summed E-state index contributed by atoms with van der Waals surface area (Å²) in [7, 11) is 0. The standard InChI is InChI=1S/C36H31N5/c1-2-41-35-5-3-27(25-39-19-11-31(12-20-39)29-7-15-37-16-8-29)23-33(35)34-24-28(4-6-36(34)41)26-40-21-13-32(14-22-40)30-9-17-38-18-10-30/h3-24H,2,25-26H2,1H3/q+2. The quantitative estimate of drug-likeness (QED) is 0.216. The number of aromatic nitrogens is 5. The first-order valence-corrected chi connectivity index (χ1v) is 14.1. The van der Waals surface area contributed by atoms with E-state index in [0.717, 1.165) is 19.6 Å². The third-order valence-electron chi connectivity index (χ3n) is 7.85. The van der Waals surface area contributed by atoms with Gasteiger partial charge in [-0.1, -0.05) is 12.1 Å². The van der Waals surface area contributed by atoms with Crippen molar-refractivity contribution in [1.29, 1.82) is 0 Å². The molecule has 0 saturated carbocycles. The molecule has 0 aliphatic carbocycles. The summed E-state index contributed by atoms with van der Waals surface area (Å²) in [5.41, 5.74) is 9.91. The van der Waals surface area contributed by atoms with E-state index in [2.05, 4.69) is 116 Å². The fourth-order valence-corrected chi connectivity index (χ4v) is 5.76. The molecule has 0 amide bonds. The minimum Gasteiger partial charge on any atom is -0.341 e. The van der Waals surface area contributed by atoms with E-state index in [1.807, 2.05) is 49.1 Å². The molecule has 0 radical (unpaired) electrons. The van der Waals surface area contributed by atoms with Crippen molar-refractivity contribution in [2.75, 3.05) is 0 Å². The number of rotatable bonds is 7. The summed E-state index contributed by atoms with van der Waals surface area (Å²) in [6.45, 7) is 4.81. The highest BCUT2D eigenvalue weighted by Gasteiger charge is 2.14. The van der Waals surface area contributed by atoms with Gasteiger partial charge in [0.25, 0.3) is 0 Å². The molecule has 41 heavy (non-hydrogen) atoms. The summed E-state index contributed by atoms with van der Waals surface area (Å²) in [6, 6.07) is 30.7. The lowest BCUT2D eigenvalue weighted by atomic mass is 10.1. The number of hydrogen-bond donors (Lipinski definition) is 0. The third-order valence-corrected chi connectivity index (χ3v) is 7.85. The molecule has 0 bridgehead atoms. The molecule has 5 aromatic heterocycles. The lowest BCUT2D eigenvalue weighted by Crippen LogP contribution is -2.33. The summed E-state index contributed by atoms with van der Waals surface area (Å²) in [4.78, 5) is 8.26. The van der Waals surface area contributed by atoms with Gasteiger partial charge in [0, 0.05) is 88.5 Å². The Bertz CT molecular complexity index is 1800. The van der Waals surface area contributed by atoms with Gasteiger partial charge in [-0.3, -0.25) is 9.97 Å². The Labute approximate surface area is 239 Å². The van der Waals surface area contributed by atoms with E-state index in [9.17, 15) is 0 Å². The Hall–Kier alpha value is -5.16. The smallest absolute Gasteiger partial charge is 0.173 e. The Kier molecular flexibility index (Phi) is 6.53. The van der Waals surface area contributed by atoms with Crippen LogP contribution in [0.5, 0.6) is 0 Å². The number of fused-ring (bicyclic) bond motifs is 3. The molecule has 0 aliphatic heterocycles. The molecule has 2 aromatic carbocycles. The zero-order valence-corrected chi connectivity index (χ0v) is 23.1. The molecule has 5 heteroatoms. The zero-order valence-electron chi connectivity index (χ0n) is 23.1. The van der Waals surface area contributed by atoms with Gasteiger partial charge in [-0.2, -0.15) is 0 Å². The normalized spacial score (nSPS) is 11.3. The van der Waals surface area contributed by atoms with Crippen LogP contribution in [0.1, 0.15) is 18.1 Å². The van der Waals surface area contributed by atoms with Crippen molar-refractivity contribution in [1.82, 2.24) is 14.5 Å². The van der Waals surface area contributed by atoms with Crippen LogP contribution >= 0.6 is 0 Å². The Morgan fingerprint density at radius 1 is 0.512 bits per heavy atom. The molecule has 7 rings (SSSR count). The molecule has 0 N–H and O–H groups in total. The van der Waals surface area contributed by atoms with Crippen molar-refractivity contribution in [2.24, 2.45) is 0 Å². The van der Waals surface area contributed by atoms with Crippen LogP contribution in [-0.4, -0.2) is 14.5 Å². The number of nitrogens with zero attached hydrogens (tertiary/aromatic N) is 5. The molecule has 0 saturated heterocycles. The van der Waals surface area contributed by atoms with Crippen molar-refractivity contribution < 1.29 is 9.13 Å². The van der Waals surface area contributed by atoms with Crippen LogP contribution in [0.3, 0.4) is 0 Å². The highest BCUT2D eigenvalue weighted by Crippen LogP contribution is 2.31. The van der Waals surface area contributed by atoms with Gasteiger partial charge in [0.2, 0.25) is 0 Å². The molecule has 0 spiro atoms. The zero-order chi connectivity index (χ0) is 27.6. The van der Waals surface area contributed by atoms with Crippen LogP contribution in [0.2, 0.25) is 0 Å². The summed E-state index contributed by atoms with van der Waals surface area (Å²) in [6.07, 6.45) is 16.0. The highest BCUT2D eigenvalue weighted by atomic mass is 15.0. The fourth-order valence-electron chi connectivity index (χ4n) is 5.76. The molecule has 0 fully saturated rings. The van der Waals surface area contributed by atoms with Gasteiger partial charge >= 0.3 is 0 Å². The maximum Gasteiger partial charge on any atom is 0.173 e. The first-order chi connectivity index (χ1) is 20.2. The molecule has 5 heterocycles. The van der Waals surface area contributed by atoms with E-state index in [1.54, 1.807) is 0 Å². The van der Waals surface area contributed by atoms with E-state index in [-0.39, 0.29) is 0 Å². The van der Waals surface area contributed by atoms with Gasteiger partial charge < -0.3 is 4.57 Å². The average molecular weight is 534 g/mol. The van der Waals surface area contributed by atoms with Crippen molar-refractivity contribution in [3.8, 4) is 22.3 Å². The SMILES string of the molecule is CCn1c2ccc(C[n+]3ccc(-c4ccncc4)cc3)cc2c2cc(C[n+]3ccc(-c4ccncc4)cc3)ccc21. The second-order valence-electron chi connectivity index (χ2n) is 10.4. The summed E-state index contributed by atoms with van der Waals surface area (Å²) >= 11 is 0. The third kappa shape index (κ3) is 4.98. The molecule has 0 aliphatic rings. The highest BCUT2D eigenvalue weighted by molar-refractivity contribution is 6.08. The van der Waals surface area contributed by atoms with Gasteiger partial charge in [-0.25, -0.2) is 9.13 Å². The second-order valence-corrected chi connectivity index (χ2v) is 10.4. The van der Waals surface area contributed by atoms with Crippen molar-refractivity contribution in [3.05, 3.63) is 146 Å². The van der Waals surface area contributed by atoms with Crippen LogP contribution in [0.25, 0.3) is 44.1 Å². The maximum absolute atomic E-state index is 4.13. The fraction of sp³-hybridized carbons (Fsp3) is 0.111. The lowest BCUT2D eigenvalue weighted by molar-refractivity contribution is -0.688. The van der Waals surface area contributed by atoms with Crippen LogP contribution in [-0.2, 0) is 19.6 Å². The van der Waals surface area contributed by atoms with E-state index in [0.29, 0.717) is 0 Å². The van der Waals surface area contributed by atoms with E-state index < -0.39 is 0 Å². The maximum atomic E-state index is 4.13. The van der Waals surface area contributed by atoms with E-state index in [4.69, 9.17) is 0 Å². The molecule has 0 atom stereocenters. The molecule has 7 aromatic rings. The molecule has 198 valence electrons. The van der Waals surface area contributed by atoms with Crippen molar-refractivity contribution >= 4 is 21.8 Å². The van der Waals surface area contributed by atoms with Crippen molar-refractivity contribution in [3.63, 3.8) is 0 Å². The predicted molar refractivity (Wildman–Crippen MR) is 163 cm³/mol. The van der Waals surface area contributed by atoms with Crippen molar-refractivity contribution in [2.45, 2.75) is 26.6 Å². The van der Waals surface area contributed by atoms with Crippen LogP contribution in [0, 0.1) is 0 Å². The van der Waals surface area contributed by atoms with Gasteiger partial charge in [0.05, 0.1) is 0 Å². The number of benzene rings is 2. The Morgan fingerprint density at radius 2 is 0.902 bits per heavy atom. The molecule has 0 unspecified atom stereocenters. The van der Waals surface area contributed by atoms with E-state index in [1.165, 1.54) is 55.2 Å². The van der Waals surface area contributed by atoms with Gasteiger partial charge in [0.15, 0.2) is 37.9 Å². The summed E-state index contributed by atoms with van der Waals surface area (Å²) in [5, 5.41) is 2.63. The number of aryl methyl sites for hydroxylation is 1. The van der Waals surface area contributed by atoms with E-state index >= 15 is 0 Å². The minimum absolute atomic E-state index is 0.824. The van der Waals surface area contributed by atoms with Crippen LogP contribution in [0.15, 0.2) is 135 Å². The van der Waals surface area contributed by atoms with Gasteiger partial charge in [-0.05, 0) is 77.7 Å². The largest absolute Gasteiger partial charge is 0.341 e. The Morgan fingerprint density at radius 3 is 1.29 bits per heavy atom. The first kappa shape index (κ1) is 24.9. The average Bonchev–Trinajstić information content (AvgIpc) is 3.35. The van der Waals surface area contributed by atoms with Crippen LogP contribution < -0.4 is 9.13 Å². The Balaban J connectivity index is 1.17. The monoisotopic (exact) mass is 533 g/mol. The number of pyridine rings is 4. The predicted octanol–water partition coefficient (Wildman–Crippen LogP) is 6.61. The summed E-state index contributed by atoms with van der Waals surface area (Å²) < 4.78 is 6.90. The lowest BCUT2D eigenvalue weighted by Gasteiger charge is -2.04. The topological polar surface area (TPSA) is 38.5 Å². The summed E-state index contributed by atoms with van der Waals surface area (Å²) in [5.74, 6) is 0. The molecular formula is C36H31N5+2.